The molecule has 0 heterocycles. The fraction of sp³-hybridized carbons (Fsp3) is 0.733. The highest BCUT2D eigenvalue weighted by atomic mass is 16.3. The highest BCUT2D eigenvalue weighted by molar-refractivity contribution is 5.19. The van der Waals surface area contributed by atoms with Crippen molar-refractivity contribution in [2.45, 2.75) is 52.6 Å². The van der Waals surface area contributed by atoms with Crippen LogP contribution < -0.4 is 0 Å². The normalized spacial score (nSPS) is 43.5. The van der Waals surface area contributed by atoms with Crippen LogP contribution in [0.15, 0.2) is 23.8 Å². The number of hydrogen-bond donors (Lipinski definition) is 1. The van der Waals surface area contributed by atoms with Gasteiger partial charge in [-0.3, -0.25) is 0 Å². The van der Waals surface area contributed by atoms with Crippen LogP contribution in [0.2, 0.25) is 0 Å². The lowest BCUT2D eigenvalue weighted by Gasteiger charge is -2.50. The number of hydrogen-bond acceptors (Lipinski definition) is 1. The first-order valence-corrected chi connectivity index (χ1v) is 6.45. The van der Waals surface area contributed by atoms with Gasteiger partial charge in [0, 0.05) is 5.41 Å². The summed E-state index contributed by atoms with van der Waals surface area (Å²) >= 11 is 0. The van der Waals surface area contributed by atoms with E-state index in [4.69, 9.17) is 0 Å². The number of rotatable bonds is 1. The van der Waals surface area contributed by atoms with E-state index in [9.17, 15) is 5.11 Å². The summed E-state index contributed by atoms with van der Waals surface area (Å²) in [4.78, 5) is 0. The van der Waals surface area contributed by atoms with E-state index in [2.05, 4.69) is 33.4 Å². The van der Waals surface area contributed by atoms with Crippen molar-refractivity contribution in [2.24, 2.45) is 17.3 Å². The minimum absolute atomic E-state index is 0.116. The van der Waals surface area contributed by atoms with E-state index in [0.29, 0.717) is 11.8 Å². The Balaban J connectivity index is 2.28. The third-order valence-corrected chi connectivity index (χ3v) is 4.98. The van der Waals surface area contributed by atoms with Crippen LogP contribution in [0.25, 0.3) is 0 Å². The lowest BCUT2D eigenvalue weighted by molar-refractivity contribution is -0.0534. The Labute approximate surface area is 99.3 Å². The van der Waals surface area contributed by atoms with Crippen LogP contribution in [0.4, 0.5) is 0 Å². The second-order valence-electron chi connectivity index (χ2n) is 6.08. The molecule has 0 bridgehead atoms. The molecule has 16 heavy (non-hydrogen) atoms. The molecule has 0 aliphatic heterocycles. The maximum absolute atomic E-state index is 10.4. The molecular weight excluding hydrogens is 196 g/mol. The average molecular weight is 220 g/mol. The molecular formula is C15H24O. The molecule has 2 aliphatic rings. The van der Waals surface area contributed by atoms with Gasteiger partial charge in [-0.2, -0.15) is 0 Å². The third kappa shape index (κ3) is 1.75. The monoisotopic (exact) mass is 220 g/mol. The molecule has 0 spiro atoms. The van der Waals surface area contributed by atoms with Crippen molar-refractivity contribution in [2.75, 3.05) is 0 Å². The van der Waals surface area contributed by atoms with Gasteiger partial charge in [0.2, 0.25) is 0 Å². The largest absolute Gasteiger partial charge is 0.393 e. The Morgan fingerprint density at radius 1 is 1.50 bits per heavy atom. The standard InChI is InChI=1S/C15H24O/c1-10(2)12-8-13-11(3)6-5-7-15(13,4)14(16)9-12/h6,12-14,16H,1,5,7-9H2,2-4H3/t12-,13+,14-,15-/m0/s1. The van der Waals surface area contributed by atoms with E-state index in [1.165, 1.54) is 17.6 Å². The van der Waals surface area contributed by atoms with Gasteiger partial charge in [-0.25, -0.2) is 0 Å². The lowest BCUT2D eigenvalue weighted by atomic mass is 9.56. The first-order valence-electron chi connectivity index (χ1n) is 6.45. The summed E-state index contributed by atoms with van der Waals surface area (Å²) in [6.45, 7) is 10.7. The van der Waals surface area contributed by atoms with Crippen molar-refractivity contribution >= 4 is 0 Å². The molecule has 0 amide bonds. The zero-order chi connectivity index (χ0) is 11.9. The van der Waals surface area contributed by atoms with Crippen molar-refractivity contribution in [1.82, 2.24) is 0 Å². The molecule has 1 heteroatoms. The molecule has 0 aromatic heterocycles. The molecule has 90 valence electrons. The molecule has 2 aliphatic carbocycles. The minimum atomic E-state index is -0.156. The van der Waals surface area contributed by atoms with Gasteiger partial charge in [0.15, 0.2) is 0 Å². The van der Waals surface area contributed by atoms with Crippen molar-refractivity contribution in [3.63, 3.8) is 0 Å². The van der Waals surface area contributed by atoms with Crippen LogP contribution in [-0.4, -0.2) is 11.2 Å². The summed E-state index contributed by atoms with van der Waals surface area (Å²) in [7, 11) is 0. The summed E-state index contributed by atoms with van der Waals surface area (Å²) in [5.74, 6) is 1.07. The predicted molar refractivity (Wildman–Crippen MR) is 68.1 cm³/mol. The van der Waals surface area contributed by atoms with Crippen molar-refractivity contribution in [3.05, 3.63) is 23.8 Å². The molecule has 1 N–H and O–H groups in total. The Morgan fingerprint density at radius 3 is 2.81 bits per heavy atom. The summed E-state index contributed by atoms with van der Waals surface area (Å²) in [5, 5.41) is 10.4. The maximum Gasteiger partial charge on any atom is 0.0605 e. The van der Waals surface area contributed by atoms with E-state index in [0.717, 1.165) is 19.3 Å². The van der Waals surface area contributed by atoms with E-state index in [-0.39, 0.29) is 11.5 Å². The number of allylic oxidation sites excluding steroid dienone is 3. The van der Waals surface area contributed by atoms with Gasteiger partial charge in [-0.05, 0) is 51.4 Å². The fourth-order valence-electron chi connectivity index (χ4n) is 3.62. The van der Waals surface area contributed by atoms with Crippen molar-refractivity contribution in [3.8, 4) is 0 Å². The fourth-order valence-corrected chi connectivity index (χ4v) is 3.62. The molecule has 1 saturated carbocycles. The van der Waals surface area contributed by atoms with Crippen LogP contribution in [-0.2, 0) is 0 Å². The summed E-state index contributed by atoms with van der Waals surface area (Å²) in [6.07, 6.45) is 6.57. The van der Waals surface area contributed by atoms with Crippen molar-refractivity contribution in [1.29, 1.82) is 0 Å². The molecule has 0 aromatic rings. The third-order valence-electron chi connectivity index (χ3n) is 4.98. The summed E-state index contributed by atoms with van der Waals surface area (Å²) in [5.41, 5.74) is 2.84. The number of fused-ring (bicyclic) bond motifs is 1. The molecule has 4 atom stereocenters. The second kappa shape index (κ2) is 4.03. The van der Waals surface area contributed by atoms with Gasteiger partial charge >= 0.3 is 0 Å². The zero-order valence-corrected chi connectivity index (χ0v) is 10.8. The molecule has 1 nitrogen and oxygen atoms in total. The Hall–Kier alpha value is -0.560. The van der Waals surface area contributed by atoms with Gasteiger partial charge in [0.25, 0.3) is 0 Å². The van der Waals surface area contributed by atoms with Crippen LogP contribution in [0.5, 0.6) is 0 Å². The van der Waals surface area contributed by atoms with Crippen LogP contribution in [0.1, 0.15) is 46.5 Å². The molecule has 0 radical (unpaired) electrons. The number of aliphatic hydroxyl groups is 1. The quantitative estimate of drug-likeness (QED) is 0.668. The predicted octanol–water partition coefficient (Wildman–Crippen LogP) is 3.70. The molecule has 0 unspecified atom stereocenters. The molecule has 2 rings (SSSR count). The zero-order valence-electron chi connectivity index (χ0n) is 10.8. The average Bonchev–Trinajstić information content (AvgIpc) is 2.20. The van der Waals surface area contributed by atoms with E-state index < -0.39 is 0 Å². The van der Waals surface area contributed by atoms with E-state index in [1.807, 2.05) is 0 Å². The highest BCUT2D eigenvalue weighted by Crippen LogP contribution is 2.52. The lowest BCUT2D eigenvalue weighted by Crippen LogP contribution is -2.47. The summed E-state index contributed by atoms with van der Waals surface area (Å²) < 4.78 is 0. The topological polar surface area (TPSA) is 20.2 Å². The number of aliphatic hydroxyl groups excluding tert-OH is 1. The first kappa shape index (κ1) is 11.9. The smallest absolute Gasteiger partial charge is 0.0605 e. The highest BCUT2D eigenvalue weighted by Gasteiger charge is 2.47. The Bertz CT molecular complexity index is 328. The Kier molecular flexibility index (Phi) is 3.00. The maximum atomic E-state index is 10.4. The Morgan fingerprint density at radius 2 is 2.19 bits per heavy atom. The van der Waals surface area contributed by atoms with E-state index >= 15 is 0 Å². The SMILES string of the molecule is C=C(C)[C@H]1C[C@@H]2C(C)=CCC[C@]2(C)[C@@H](O)C1. The van der Waals surface area contributed by atoms with Gasteiger partial charge in [0.05, 0.1) is 6.10 Å². The first-order chi connectivity index (χ1) is 7.45. The van der Waals surface area contributed by atoms with Gasteiger partial charge in [0.1, 0.15) is 0 Å². The van der Waals surface area contributed by atoms with Gasteiger partial charge in [-0.1, -0.05) is 30.7 Å². The molecule has 0 aromatic carbocycles. The molecule has 0 saturated heterocycles. The van der Waals surface area contributed by atoms with E-state index in [1.54, 1.807) is 0 Å². The van der Waals surface area contributed by atoms with Crippen molar-refractivity contribution < 1.29 is 5.11 Å². The molecule has 1 fully saturated rings. The minimum Gasteiger partial charge on any atom is -0.393 e. The van der Waals surface area contributed by atoms with Gasteiger partial charge in [-0.15, -0.1) is 0 Å². The summed E-state index contributed by atoms with van der Waals surface area (Å²) in [6, 6.07) is 0. The second-order valence-corrected chi connectivity index (χ2v) is 6.08. The van der Waals surface area contributed by atoms with Crippen LogP contribution in [0, 0.1) is 17.3 Å². The van der Waals surface area contributed by atoms with Gasteiger partial charge < -0.3 is 5.11 Å². The van der Waals surface area contributed by atoms with Crippen LogP contribution in [0.3, 0.4) is 0 Å². The van der Waals surface area contributed by atoms with Crippen LogP contribution >= 0.6 is 0 Å².